The molecule has 1 saturated heterocycles. The van der Waals surface area contributed by atoms with E-state index in [0.29, 0.717) is 5.91 Å². The van der Waals surface area contributed by atoms with Gasteiger partial charge in [-0.25, -0.2) is 0 Å². The molecular weight excluding hydrogens is 441 g/mol. The SMILES string of the molecule is Cl.Cl.O=C(NCCN1CCN(c2cccc(Cl)c2)CC1)C12CC3CC(CC(C3)C1)C2. The molecule has 4 aliphatic carbocycles. The van der Waals surface area contributed by atoms with Gasteiger partial charge in [-0.2, -0.15) is 0 Å². The molecule has 1 heterocycles. The number of piperazine rings is 1. The molecule has 0 radical (unpaired) electrons. The molecule has 30 heavy (non-hydrogen) atoms. The van der Waals surface area contributed by atoms with Crippen LogP contribution in [0.2, 0.25) is 5.02 Å². The van der Waals surface area contributed by atoms with E-state index in [2.05, 4.69) is 21.2 Å². The molecule has 1 amide bonds. The number of nitrogens with one attached hydrogen (secondary N) is 1. The number of hydrogen-bond acceptors (Lipinski definition) is 3. The summed E-state index contributed by atoms with van der Waals surface area (Å²) in [6.45, 7) is 5.87. The summed E-state index contributed by atoms with van der Waals surface area (Å²) < 4.78 is 0. The molecule has 5 fully saturated rings. The van der Waals surface area contributed by atoms with Crippen LogP contribution in [0.3, 0.4) is 0 Å². The van der Waals surface area contributed by atoms with Crippen molar-refractivity contribution in [2.24, 2.45) is 23.2 Å². The summed E-state index contributed by atoms with van der Waals surface area (Å²) in [5.74, 6) is 2.86. The van der Waals surface area contributed by atoms with E-state index in [4.69, 9.17) is 11.6 Å². The smallest absolute Gasteiger partial charge is 0.226 e. The molecule has 7 heteroatoms. The Bertz CT molecular complexity index is 701. The maximum atomic E-state index is 13.1. The van der Waals surface area contributed by atoms with Crippen molar-refractivity contribution in [2.45, 2.75) is 38.5 Å². The van der Waals surface area contributed by atoms with Gasteiger partial charge >= 0.3 is 0 Å². The molecule has 5 aliphatic rings. The molecule has 1 aromatic carbocycles. The van der Waals surface area contributed by atoms with Crippen molar-refractivity contribution in [3.8, 4) is 0 Å². The van der Waals surface area contributed by atoms with E-state index in [-0.39, 0.29) is 30.2 Å². The van der Waals surface area contributed by atoms with Gasteiger partial charge < -0.3 is 10.2 Å². The first-order valence-corrected chi connectivity index (χ1v) is 11.5. The molecule has 0 unspecified atom stereocenters. The molecular formula is C23H34Cl3N3O. The van der Waals surface area contributed by atoms with Crippen LogP contribution in [0, 0.1) is 23.2 Å². The Morgan fingerprint density at radius 3 is 2.17 bits per heavy atom. The van der Waals surface area contributed by atoms with Gasteiger partial charge in [0.05, 0.1) is 0 Å². The Morgan fingerprint density at radius 1 is 1.00 bits per heavy atom. The molecule has 1 aromatic rings. The van der Waals surface area contributed by atoms with Gasteiger partial charge in [-0.05, 0) is 74.5 Å². The molecule has 4 bridgehead atoms. The molecule has 0 spiro atoms. The van der Waals surface area contributed by atoms with Crippen molar-refractivity contribution in [3.05, 3.63) is 29.3 Å². The number of carbonyl (C=O) groups excluding carboxylic acids is 1. The normalized spacial score (nSPS) is 32.3. The standard InChI is InChI=1S/C23H32ClN3O.2ClH/c24-20-2-1-3-21(13-20)27-8-6-26(7-9-27)5-4-25-22(28)23-14-17-10-18(15-23)12-19(11-17)16-23;;/h1-3,13,17-19H,4-12,14-16H2,(H,25,28);2*1H. The highest BCUT2D eigenvalue weighted by Gasteiger charge is 2.54. The third kappa shape index (κ3) is 4.87. The highest BCUT2D eigenvalue weighted by atomic mass is 35.5. The Labute approximate surface area is 197 Å². The fraction of sp³-hybridized carbons (Fsp3) is 0.696. The monoisotopic (exact) mass is 473 g/mol. The number of hydrogen-bond donors (Lipinski definition) is 1. The van der Waals surface area contributed by atoms with Gasteiger partial charge in [-0.15, -0.1) is 24.8 Å². The third-order valence-corrected chi connectivity index (χ3v) is 8.01. The van der Waals surface area contributed by atoms with E-state index in [0.717, 1.165) is 81.3 Å². The van der Waals surface area contributed by atoms with Gasteiger partial charge in [0.2, 0.25) is 5.91 Å². The summed E-state index contributed by atoms with van der Waals surface area (Å²) in [6.07, 6.45) is 7.64. The third-order valence-electron chi connectivity index (χ3n) is 7.78. The number of amides is 1. The average Bonchev–Trinajstić information content (AvgIpc) is 2.67. The van der Waals surface area contributed by atoms with Crippen LogP contribution in [-0.4, -0.2) is 50.1 Å². The fourth-order valence-electron chi connectivity index (χ4n) is 6.81. The van der Waals surface area contributed by atoms with Crippen LogP contribution in [0.5, 0.6) is 0 Å². The van der Waals surface area contributed by atoms with E-state index < -0.39 is 0 Å². The summed E-state index contributed by atoms with van der Waals surface area (Å²) in [7, 11) is 0. The van der Waals surface area contributed by atoms with Crippen LogP contribution in [0.4, 0.5) is 5.69 Å². The Hall–Kier alpha value is -0.680. The summed E-state index contributed by atoms with van der Waals surface area (Å²) in [5, 5.41) is 4.12. The van der Waals surface area contributed by atoms with E-state index in [1.165, 1.54) is 24.9 Å². The molecule has 0 atom stereocenters. The maximum absolute atomic E-state index is 13.1. The van der Waals surface area contributed by atoms with Crippen LogP contribution in [0.15, 0.2) is 24.3 Å². The predicted octanol–water partition coefficient (Wildman–Crippen LogP) is 4.64. The van der Waals surface area contributed by atoms with Crippen molar-refractivity contribution >= 4 is 48.0 Å². The van der Waals surface area contributed by atoms with Gasteiger partial charge in [0.25, 0.3) is 0 Å². The first-order valence-electron chi connectivity index (χ1n) is 11.1. The molecule has 4 saturated carbocycles. The molecule has 168 valence electrons. The Morgan fingerprint density at radius 2 is 1.60 bits per heavy atom. The molecule has 1 N–H and O–H groups in total. The maximum Gasteiger partial charge on any atom is 0.226 e. The summed E-state index contributed by atoms with van der Waals surface area (Å²) in [6, 6.07) is 8.12. The largest absolute Gasteiger partial charge is 0.369 e. The van der Waals surface area contributed by atoms with Crippen LogP contribution >= 0.6 is 36.4 Å². The molecule has 1 aliphatic heterocycles. The van der Waals surface area contributed by atoms with Crippen molar-refractivity contribution in [1.82, 2.24) is 10.2 Å². The zero-order valence-electron chi connectivity index (χ0n) is 17.5. The zero-order valence-corrected chi connectivity index (χ0v) is 19.9. The summed E-state index contributed by atoms with van der Waals surface area (Å²) in [5.41, 5.74) is 1.20. The molecule has 4 nitrogen and oxygen atoms in total. The highest BCUT2D eigenvalue weighted by Crippen LogP contribution is 2.60. The number of halogens is 3. The van der Waals surface area contributed by atoms with Crippen molar-refractivity contribution in [3.63, 3.8) is 0 Å². The van der Waals surface area contributed by atoms with Gasteiger partial charge in [0.15, 0.2) is 0 Å². The fourth-order valence-corrected chi connectivity index (χ4v) is 6.99. The van der Waals surface area contributed by atoms with E-state index in [9.17, 15) is 4.79 Å². The minimum Gasteiger partial charge on any atom is -0.369 e. The Balaban J connectivity index is 0.00000128. The Kier molecular flexibility index (Phi) is 7.87. The minimum atomic E-state index is -0.0139. The van der Waals surface area contributed by atoms with Gasteiger partial charge in [0, 0.05) is 55.4 Å². The predicted molar refractivity (Wildman–Crippen MR) is 128 cm³/mol. The second-order valence-electron chi connectivity index (χ2n) is 9.76. The highest BCUT2D eigenvalue weighted by molar-refractivity contribution is 6.30. The first kappa shape index (κ1) is 24.0. The number of nitrogens with zero attached hydrogens (tertiary/aromatic N) is 2. The van der Waals surface area contributed by atoms with Crippen LogP contribution < -0.4 is 10.2 Å². The minimum absolute atomic E-state index is 0. The van der Waals surface area contributed by atoms with E-state index >= 15 is 0 Å². The van der Waals surface area contributed by atoms with Crippen molar-refractivity contribution in [2.75, 3.05) is 44.2 Å². The van der Waals surface area contributed by atoms with Gasteiger partial charge in [-0.3, -0.25) is 9.69 Å². The van der Waals surface area contributed by atoms with Crippen LogP contribution in [0.1, 0.15) is 38.5 Å². The number of carbonyl (C=O) groups is 1. The van der Waals surface area contributed by atoms with Crippen molar-refractivity contribution < 1.29 is 4.79 Å². The number of benzene rings is 1. The zero-order chi connectivity index (χ0) is 19.1. The second-order valence-corrected chi connectivity index (χ2v) is 10.2. The number of anilines is 1. The van der Waals surface area contributed by atoms with Gasteiger partial charge in [0.1, 0.15) is 0 Å². The lowest BCUT2D eigenvalue weighted by Crippen LogP contribution is -2.54. The summed E-state index contributed by atoms with van der Waals surface area (Å²) in [4.78, 5) is 17.9. The number of rotatable bonds is 5. The first-order chi connectivity index (χ1) is 13.6. The topological polar surface area (TPSA) is 35.6 Å². The molecule has 0 aromatic heterocycles. The van der Waals surface area contributed by atoms with Crippen molar-refractivity contribution in [1.29, 1.82) is 0 Å². The lowest BCUT2D eigenvalue weighted by molar-refractivity contribution is -0.146. The van der Waals surface area contributed by atoms with E-state index in [1.54, 1.807) is 0 Å². The average molecular weight is 475 g/mol. The second kappa shape index (κ2) is 9.85. The lowest BCUT2D eigenvalue weighted by Gasteiger charge is -2.55. The van der Waals surface area contributed by atoms with Crippen LogP contribution in [-0.2, 0) is 4.79 Å². The quantitative estimate of drug-likeness (QED) is 0.675. The van der Waals surface area contributed by atoms with Gasteiger partial charge in [-0.1, -0.05) is 17.7 Å². The summed E-state index contributed by atoms with van der Waals surface area (Å²) >= 11 is 6.13. The molecule has 6 rings (SSSR count). The van der Waals surface area contributed by atoms with E-state index in [1.807, 2.05) is 18.2 Å². The van der Waals surface area contributed by atoms with Crippen LogP contribution in [0.25, 0.3) is 0 Å². The lowest BCUT2D eigenvalue weighted by atomic mass is 9.49.